The fourth-order valence-corrected chi connectivity index (χ4v) is 5.43. The monoisotopic (exact) mass is 732 g/mol. The number of ether oxygens (including phenoxy) is 3. The largest absolute Gasteiger partial charge is 0.493 e. The number of carbonyl (C=O) groups is 2. The SMILES string of the molecule is COc1cc(/C=N/NC(=O)c2ccc(COc3ccc(-n4c(C)ccc4C)cc3)o2)cc(I)c1OCC(=O)Nc1ccc(C)cc1. The number of aryl methyl sites for hydroxylation is 3. The van der Waals surface area contributed by atoms with Gasteiger partial charge in [-0.15, -0.1) is 0 Å². The molecule has 0 saturated heterocycles. The molecule has 2 heterocycles. The predicted octanol–water partition coefficient (Wildman–Crippen LogP) is 6.97. The van der Waals surface area contributed by atoms with Crippen molar-refractivity contribution in [2.24, 2.45) is 5.10 Å². The second kappa shape index (κ2) is 14.8. The van der Waals surface area contributed by atoms with Crippen molar-refractivity contribution < 1.29 is 28.2 Å². The topological polar surface area (TPSA) is 116 Å². The van der Waals surface area contributed by atoms with Crippen molar-refractivity contribution in [1.82, 2.24) is 9.99 Å². The lowest BCUT2D eigenvalue weighted by Crippen LogP contribution is -2.20. The van der Waals surface area contributed by atoms with Gasteiger partial charge in [-0.25, -0.2) is 5.43 Å². The molecule has 11 heteroatoms. The quantitative estimate of drug-likeness (QED) is 0.0814. The maximum absolute atomic E-state index is 12.6. The molecule has 0 saturated carbocycles. The number of amides is 2. The van der Waals surface area contributed by atoms with Crippen LogP contribution in [-0.2, 0) is 11.4 Å². The maximum atomic E-state index is 12.6. The summed E-state index contributed by atoms with van der Waals surface area (Å²) in [4.78, 5) is 25.0. The van der Waals surface area contributed by atoms with Gasteiger partial charge in [0.25, 0.3) is 5.91 Å². The predicted molar refractivity (Wildman–Crippen MR) is 184 cm³/mol. The molecule has 3 aromatic carbocycles. The summed E-state index contributed by atoms with van der Waals surface area (Å²) < 4.78 is 25.6. The summed E-state index contributed by atoms with van der Waals surface area (Å²) in [5.74, 6) is 1.33. The van der Waals surface area contributed by atoms with E-state index >= 15 is 0 Å². The molecule has 0 radical (unpaired) electrons. The smallest absolute Gasteiger partial charge is 0.307 e. The third kappa shape index (κ3) is 8.16. The molecule has 10 nitrogen and oxygen atoms in total. The molecule has 2 amide bonds. The van der Waals surface area contributed by atoms with Crippen LogP contribution in [-0.4, -0.2) is 36.3 Å². The van der Waals surface area contributed by atoms with E-state index in [9.17, 15) is 9.59 Å². The summed E-state index contributed by atoms with van der Waals surface area (Å²) in [6.07, 6.45) is 1.48. The van der Waals surface area contributed by atoms with Gasteiger partial charge in [-0.05, 0) is 122 Å². The maximum Gasteiger partial charge on any atom is 0.307 e. The molecule has 0 unspecified atom stereocenters. The van der Waals surface area contributed by atoms with E-state index in [1.165, 1.54) is 13.3 Å². The van der Waals surface area contributed by atoms with Crippen LogP contribution in [0.15, 0.2) is 94.4 Å². The zero-order chi connectivity index (χ0) is 32.6. The van der Waals surface area contributed by atoms with Crippen LogP contribution in [0.2, 0.25) is 0 Å². The number of anilines is 1. The van der Waals surface area contributed by atoms with Gasteiger partial charge >= 0.3 is 5.91 Å². The Morgan fingerprint density at radius 3 is 2.33 bits per heavy atom. The molecule has 0 aliphatic rings. The first-order chi connectivity index (χ1) is 22.2. The van der Waals surface area contributed by atoms with E-state index < -0.39 is 5.91 Å². The van der Waals surface area contributed by atoms with Gasteiger partial charge < -0.3 is 28.5 Å². The Hall–Kier alpha value is -5.04. The van der Waals surface area contributed by atoms with Crippen molar-refractivity contribution in [3.05, 3.63) is 123 Å². The van der Waals surface area contributed by atoms with Crippen LogP contribution < -0.4 is 25.0 Å². The fourth-order valence-electron chi connectivity index (χ4n) is 4.65. The number of halogens is 1. The minimum absolute atomic E-state index is 0.101. The molecular formula is C35H33IN4O6. The highest BCUT2D eigenvalue weighted by Crippen LogP contribution is 2.33. The van der Waals surface area contributed by atoms with Gasteiger partial charge in [0.2, 0.25) is 0 Å². The number of nitrogens with one attached hydrogen (secondary N) is 2. The van der Waals surface area contributed by atoms with E-state index in [0.29, 0.717) is 37.8 Å². The number of aromatic nitrogens is 1. The summed E-state index contributed by atoms with van der Waals surface area (Å²) in [6.45, 7) is 6.08. The summed E-state index contributed by atoms with van der Waals surface area (Å²) in [7, 11) is 1.51. The Bertz CT molecular complexity index is 1840. The molecule has 0 spiro atoms. The lowest BCUT2D eigenvalue weighted by atomic mass is 10.2. The van der Waals surface area contributed by atoms with Crippen molar-refractivity contribution in [2.75, 3.05) is 19.0 Å². The molecule has 2 N–H and O–H groups in total. The summed E-state index contributed by atoms with van der Waals surface area (Å²) >= 11 is 2.09. The Labute approximate surface area is 280 Å². The Kier molecular flexibility index (Phi) is 10.4. The highest BCUT2D eigenvalue weighted by atomic mass is 127. The highest BCUT2D eigenvalue weighted by molar-refractivity contribution is 14.1. The first kappa shape index (κ1) is 32.4. The minimum atomic E-state index is -0.509. The Morgan fingerprint density at radius 2 is 1.63 bits per heavy atom. The average molecular weight is 733 g/mol. The molecule has 0 atom stereocenters. The number of hydrogen-bond donors (Lipinski definition) is 2. The number of methoxy groups -OCH3 is 1. The standard InChI is InChI=1S/C35H33IN4O6/c1-22-5-9-26(10-6-22)38-33(41)21-45-34-30(36)17-25(18-32(34)43-4)19-37-39-35(42)31-16-15-29(46-31)20-44-28-13-11-27(12-14-28)40-23(2)7-8-24(40)3/h5-19H,20-21H2,1-4H3,(H,38,41)(H,39,42)/b37-19+. The van der Waals surface area contributed by atoms with Crippen molar-refractivity contribution >= 4 is 46.3 Å². The number of furan rings is 1. The van der Waals surface area contributed by atoms with Crippen molar-refractivity contribution in [3.8, 4) is 22.9 Å². The molecule has 46 heavy (non-hydrogen) atoms. The first-order valence-corrected chi connectivity index (χ1v) is 15.4. The van der Waals surface area contributed by atoms with Crippen LogP contribution in [0.3, 0.4) is 0 Å². The van der Waals surface area contributed by atoms with Gasteiger partial charge in [-0.3, -0.25) is 9.59 Å². The zero-order valence-electron chi connectivity index (χ0n) is 25.8. The van der Waals surface area contributed by atoms with Crippen LogP contribution in [0.4, 0.5) is 5.69 Å². The lowest BCUT2D eigenvalue weighted by Gasteiger charge is -2.13. The molecule has 5 aromatic rings. The zero-order valence-corrected chi connectivity index (χ0v) is 28.0. The van der Waals surface area contributed by atoms with Gasteiger partial charge in [-0.2, -0.15) is 5.10 Å². The molecule has 0 fully saturated rings. The van der Waals surface area contributed by atoms with Crippen LogP contribution in [0, 0.1) is 24.3 Å². The van der Waals surface area contributed by atoms with E-state index in [2.05, 4.69) is 69.0 Å². The van der Waals surface area contributed by atoms with Gasteiger partial charge in [0.05, 0.1) is 16.9 Å². The average Bonchev–Trinajstić information content (AvgIpc) is 3.66. The number of carbonyl (C=O) groups excluding carboxylic acids is 2. The Balaban J connectivity index is 1.12. The molecule has 0 aliphatic heterocycles. The molecular weight excluding hydrogens is 699 g/mol. The van der Waals surface area contributed by atoms with Crippen molar-refractivity contribution in [3.63, 3.8) is 0 Å². The third-order valence-corrected chi connectivity index (χ3v) is 7.75. The van der Waals surface area contributed by atoms with E-state index in [1.807, 2.05) is 55.5 Å². The van der Waals surface area contributed by atoms with Gasteiger partial charge in [-0.1, -0.05) is 17.7 Å². The molecule has 0 bridgehead atoms. The number of hydrogen-bond acceptors (Lipinski definition) is 7. The van der Waals surface area contributed by atoms with E-state index in [4.69, 9.17) is 18.6 Å². The normalized spacial score (nSPS) is 11.0. The summed E-state index contributed by atoms with van der Waals surface area (Å²) in [5, 5.41) is 6.85. The lowest BCUT2D eigenvalue weighted by molar-refractivity contribution is -0.118. The van der Waals surface area contributed by atoms with Crippen LogP contribution >= 0.6 is 22.6 Å². The second-order valence-corrected chi connectivity index (χ2v) is 11.6. The summed E-state index contributed by atoms with van der Waals surface area (Å²) in [5.41, 5.74) is 8.28. The van der Waals surface area contributed by atoms with Crippen molar-refractivity contribution in [2.45, 2.75) is 27.4 Å². The van der Waals surface area contributed by atoms with Crippen molar-refractivity contribution in [1.29, 1.82) is 0 Å². The van der Waals surface area contributed by atoms with Gasteiger partial charge in [0, 0.05) is 22.8 Å². The number of rotatable bonds is 12. The fraction of sp³-hybridized carbons (Fsp3) is 0.171. The van der Waals surface area contributed by atoms with Crippen LogP contribution in [0.1, 0.15) is 38.8 Å². The second-order valence-electron chi connectivity index (χ2n) is 10.4. The molecule has 2 aromatic heterocycles. The Morgan fingerprint density at radius 1 is 0.913 bits per heavy atom. The van der Waals surface area contributed by atoms with Gasteiger partial charge in [0.1, 0.15) is 18.1 Å². The number of benzene rings is 3. The molecule has 5 rings (SSSR count). The number of nitrogens with zero attached hydrogens (tertiary/aromatic N) is 2. The van der Waals surface area contributed by atoms with E-state index in [1.54, 1.807) is 24.3 Å². The molecule has 0 aliphatic carbocycles. The van der Waals surface area contributed by atoms with Gasteiger partial charge in [0.15, 0.2) is 23.9 Å². The first-order valence-electron chi connectivity index (χ1n) is 14.4. The van der Waals surface area contributed by atoms with E-state index in [-0.39, 0.29) is 24.9 Å². The number of hydrazone groups is 1. The molecule has 236 valence electrons. The highest BCUT2D eigenvalue weighted by Gasteiger charge is 2.15. The minimum Gasteiger partial charge on any atom is -0.493 e. The third-order valence-electron chi connectivity index (χ3n) is 6.95. The van der Waals surface area contributed by atoms with Crippen LogP contribution in [0.5, 0.6) is 17.2 Å². The van der Waals surface area contributed by atoms with E-state index in [0.717, 1.165) is 22.6 Å². The summed E-state index contributed by atoms with van der Waals surface area (Å²) in [6, 6.07) is 26.2. The van der Waals surface area contributed by atoms with Crippen LogP contribution in [0.25, 0.3) is 5.69 Å².